The average Bonchev–Trinajstić information content (AvgIpc) is 2.87. The van der Waals surface area contributed by atoms with Crippen LogP contribution in [0.4, 0.5) is 4.79 Å². The van der Waals surface area contributed by atoms with Crippen LogP contribution in [0.5, 0.6) is 5.75 Å². The number of amides is 2. The summed E-state index contributed by atoms with van der Waals surface area (Å²) in [5.74, 6) is -0.724. The number of hydrogen-bond acceptors (Lipinski definition) is 6. The Bertz CT molecular complexity index is 773. The Kier molecular flexibility index (Phi) is 7.59. The zero-order valence-electron chi connectivity index (χ0n) is 15.1. The molecule has 0 aliphatic carbocycles. The Hall–Kier alpha value is -1.70. The van der Waals surface area contributed by atoms with Crippen LogP contribution in [0.3, 0.4) is 0 Å². The standard InChI is InChI=1S/C18H19Cl2NO5S/c1-4-10(3)21-17(23)14(27-18(21)24)8-11-6-12(19)16(13(20)7-11)26-9-15(22)25-5-2/h6-8,10H,4-5,9H2,1-3H3/b14-8+/t10-/m1/s1. The molecule has 1 saturated heterocycles. The molecule has 1 aromatic carbocycles. The lowest BCUT2D eigenvalue weighted by Crippen LogP contribution is -2.36. The topological polar surface area (TPSA) is 72.9 Å². The van der Waals surface area contributed by atoms with Crippen LogP contribution >= 0.6 is 35.0 Å². The van der Waals surface area contributed by atoms with E-state index in [1.165, 1.54) is 4.90 Å². The number of benzene rings is 1. The molecule has 0 bridgehead atoms. The van der Waals surface area contributed by atoms with Gasteiger partial charge in [-0.05, 0) is 55.8 Å². The molecular weight excluding hydrogens is 413 g/mol. The molecule has 1 atom stereocenters. The molecule has 146 valence electrons. The van der Waals surface area contributed by atoms with Gasteiger partial charge in [-0.3, -0.25) is 14.5 Å². The first-order valence-electron chi connectivity index (χ1n) is 8.33. The quantitative estimate of drug-likeness (QED) is 0.457. The van der Waals surface area contributed by atoms with E-state index in [2.05, 4.69) is 0 Å². The number of rotatable bonds is 7. The second-order valence-electron chi connectivity index (χ2n) is 5.72. The Labute approximate surface area is 171 Å². The number of imide groups is 1. The SMILES string of the molecule is CCOC(=O)COc1c(Cl)cc(/C=C2/SC(=O)N([C@H](C)CC)C2=O)cc1Cl. The van der Waals surface area contributed by atoms with E-state index < -0.39 is 5.97 Å². The molecule has 2 amide bonds. The first-order chi connectivity index (χ1) is 12.8. The van der Waals surface area contributed by atoms with E-state index >= 15 is 0 Å². The highest BCUT2D eigenvalue weighted by atomic mass is 35.5. The van der Waals surface area contributed by atoms with Crippen LogP contribution in [0.15, 0.2) is 17.0 Å². The molecule has 0 aromatic heterocycles. The van der Waals surface area contributed by atoms with Gasteiger partial charge in [0.2, 0.25) is 0 Å². The maximum absolute atomic E-state index is 12.5. The molecule has 1 fully saturated rings. The van der Waals surface area contributed by atoms with Crippen LogP contribution in [-0.4, -0.2) is 41.3 Å². The highest BCUT2D eigenvalue weighted by molar-refractivity contribution is 8.18. The van der Waals surface area contributed by atoms with E-state index in [-0.39, 0.29) is 46.2 Å². The zero-order valence-corrected chi connectivity index (χ0v) is 17.4. The second kappa shape index (κ2) is 9.48. The Morgan fingerprint density at radius 1 is 1.26 bits per heavy atom. The van der Waals surface area contributed by atoms with E-state index in [0.29, 0.717) is 16.9 Å². The molecule has 0 saturated carbocycles. The molecule has 1 heterocycles. The van der Waals surface area contributed by atoms with Crippen molar-refractivity contribution in [1.29, 1.82) is 0 Å². The Morgan fingerprint density at radius 3 is 2.44 bits per heavy atom. The highest BCUT2D eigenvalue weighted by Crippen LogP contribution is 2.38. The molecule has 0 radical (unpaired) electrons. The summed E-state index contributed by atoms with van der Waals surface area (Å²) in [5.41, 5.74) is 0.545. The van der Waals surface area contributed by atoms with Crippen LogP contribution in [-0.2, 0) is 14.3 Å². The molecule has 0 N–H and O–H groups in total. The van der Waals surface area contributed by atoms with Gasteiger partial charge >= 0.3 is 5.97 Å². The largest absolute Gasteiger partial charge is 0.479 e. The normalized spacial score (nSPS) is 16.8. The number of ether oxygens (including phenoxy) is 2. The lowest BCUT2D eigenvalue weighted by molar-refractivity contribution is -0.145. The minimum Gasteiger partial charge on any atom is -0.479 e. The van der Waals surface area contributed by atoms with E-state index in [1.807, 2.05) is 13.8 Å². The minimum absolute atomic E-state index is 0.149. The molecule has 9 heteroatoms. The van der Waals surface area contributed by atoms with Crippen molar-refractivity contribution in [1.82, 2.24) is 4.90 Å². The van der Waals surface area contributed by atoms with Crippen molar-refractivity contribution >= 4 is 58.2 Å². The van der Waals surface area contributed by atoms with Gasteiger partial charge in [-0.1, -0.05) is 30.1 Å². The number of hydrogen-bond donors (Lipinski definition) is 0. The number of carbonyl (C=O) groups is 3. The summed E-state index contributed by atoms with van der Waals surface area (Å²) in [6.45, 7) is 5.35. The van der Waals surface area contributed by atoms with Crippen molar-refractivity contribution in [2.75, 3.05) is 13.2 Å². The van der Waals surface area contributed by atoms with E-state index in [9.17, 15) is 14.4 Å². The van der Waals surface area contributed by atoms with Gasteiger partial charge in [0.05, 0.1) is 21.6 Å². The minimum atomic E-state index is -0.535. The third-order valence-corrected chi connectivity index (χ3v) is 5.26. The third kappa shape index (κ3) is 5.18. The number of esters is 1. The summed E-state index contributed by atoms with van der Waals surface area (Å²) < 4.78 is 10.1. The first kappa shape index (κ1) is 21.6. The average molecular weight is 432 g/mol. The summed E-state index contributed by atoms with van der Waals surface area (Å²) in [7, 11) is 0. The molecule has 1 aliphatic rings. The van der Waals surface area contributed by atoms with Gasteiger partial charge in [0, 0.05) is 6.04 Å². The third-order valence-electron chi connectivity index (χ3n) is 3.81. The summed E-state index contributed by atoms with van der Waals surface area (Å²) in [6, 6.07) is 2.92. The molecule has 1 aromatic rings. The van der Waals surface area contributed by atoms with Crippen molar-refractivity contribution in [3.05, 3.63) is 32.6 Å². The maximum Gasteiger partial charge on any atom is 0.344 e. The van der Waals surface area contributed by atoms with Gasteiger partial charge in [0.1, 0.15) is 0 Å². The number of thioether (sulfide) groups is 1. The predicted octanol–water partition coefficient (Wildman–Crippen LogP) is 4.77. The van der Waals surface area contributed by atoms with Crippen molar-refractivity contribution in [2.45, 2.75) is 33.2 Å². The molecule has 6 nitrogen and oxygen atoms in total. The van der Waals surface area contributed by atoms with E-state index in [4.69, 9.17) is 32.7 Å². The van der Waals surface area contributed by atoms with Gasteiger partial charge in [0.25, 0.3) is 11.1 Å². The number of carbonyl (C=O) groups excluding carboxylic acids is 3. The lowest BCUT2D eigenvalue weighted by Gasteiger charge is -2.19. The molecule has 0 spiro atoms. The lowest BCUT2D eigenvalue weighted by atomic mass is 10.2. The summed E-state index contributed by atoms with van der Waals surface area (Å²) in [6.07, 6.45) is 2.23. The summed E-state index contributed by atoms with van der Waals surface area (Å²) in [4.78, 5) is 37.5. The zero-order chi connectivity index (χ0) is 20.1. The van der Waals surface area contributed by atoms with Crippen molar-refractivity contribution in [3.63, 3.8) is 0 Å². The smallest absolute Gasteiger partial charge is 0.344 e. The van der Waals surface area contributed by atoms with Crippen LogP contribution in [0.2, 0.25) is 10.0 Å². The van der Waals surface area contributed by atoms with Crippen LogP contribution in [0.25, 0.3) is 6.08 Å². The van der Waals surface area contributed by atoms with Crippen LogP contribution in [0.1, 0.15) is 32.8 Å². The molecule has 27 heavy (non-hydrogen) atoms. The van der Waals surface area contributed by atoms with Crippen LogP contribution in [0, 0.1) is 0 Å². The van der Waals surface area contributed by atoms with E-state index in [1.54, 1.807) is 25.1 Å². The van der Waals surface area contributed by atoms with Crippen molar-refractivity contribution in [2.24, 2.45) is 0 Å². The number of halogens is 2. The molecule has 1 aliphatic heterocycles. The second-order valence-corrected chi connectivity index (χ2v) is 7.52. The van der Waals surface area contributed by atoms with Gasteiger partial charge in [-0.25, -0.2) is 4.79 Å². The summed E-state index contributed by atoms with van der Waals surface area (Å²) in [5, 5.41) is 0.0607. The Balaban J connectivity index is 2.21. The van der Waals surface area contributed by atoms with Gasteiger partial charge in [0.15, 0.2) is 12.4 Å². The molecular formula is C18H19Cl2NO5S. The fourth-order valence-corrected chi connectivity index (χ4v) is 3.87. The summed E-state index contributed by atoms with van der Waals surface area (Å²) >= 11 is 13.3. The highest BCUT2D eigenvalue weighted by Gasteiger charge is 2.37. The van der Waals surface area contributed by atoms with Crippen molar-refractivity contribution < 1.29 is 23.9 Å². The van der Waals surface area contributed by atoms with Gasteiger partial charge in [-0.15, -0.1) is 0 Å². The van der Waals surface area contributed by atoms with Gasteiger partial charge < -0.3 is 9.47 Å². The van der Waals surface area contributed by atoms with Crippen LogP contribution < -0.4 is 4.74 Å². The van der Waals surface area contributed by atoms with Gasteiger partial charge in [-0.2, -0.15) is 0 Å². The molecule has 2 rings (SSSR count). The Morgan fingerprint density at radius 2 is 1.89 bits per heavy atom. The monoisotopic (exact) mass is 431 g/mol. The fraction of sp³-hybridized carbons (Fsp3) is 0.389. The molecule has 0 unspecified atom stereocenters. The first-order valence-corrected chi connectivity index (χ1v) is 9.90. The number of nitrogens with zero attached hydrogens (tertiary/aromatic N) is 1. The predicted molar refractivity (Wildman–Crippen MR) is 106 cm³/mol. The van der Waals surface area contributed by atoms with Crippen molar-refractivity contribution in [3.8, 4) is 5.75 Å². The maximum atomic E-state index is 12.5. The van der Waals surface area contributed by atoms with E-state index in [0.717, 1.165) is 11.8 Å². The fourth-order valence-electron chi connectivity index (χ4n) is 2.33.